The molecule has 8 heteroatoms. The lowest BCUT2D eigenvalue weighted by Crippen LogP contribution is -2.49. The minimum atomic E-state index is -0.321. The second-order valence-electron chi connectivity index (χ2n) is 8.41. The molecule has 0 unspecified atom stereocenters. The Morgan fingerprint density at radius 3 is 2.56 bits per heavy atom. The third kappa shape index (κ3) is 4.99. The molecule has 0 N–H and O–H groups in total. The summed E-state index contributed by atoms with van der Waals surface area (Å²) in [5.41, 5.74) is 2.29. The number of rotatable bonds is 6. The molecule has 0 radical (unpaired) electrons. The molecule has 2 aromatic carbocycles. The van der Waals surface area contributed by atoms with Gasteiger partial charge in [-0.1, -0.05) is 42.3 Å². The first kappa shape index (κ1) is 24.7. The van der Waals surface area contributed by atoms with Gasteiger partial charge in [-0.25, -0.2) is 4.39 Å². The van der Waals surface area contributed by atoms with E-state index >= 15 is 0 Å². The Hall–Kier alpha value is -2.41. The Kier molecular flexibility index (Phi) is 7.60. The molecule has 0 fully saturated rings. The van der Waals surface area contributed by atoms with Crippen LogP contribution < -0.4 is 0 Å². The van der Waals surface area contributed by atoms with Gasteiger partial charge in [0.15, 0.2) is 0 Å². The molecule has 1 aliphatic rings. The van der Waals surface area contributed by atoms with Gasteiger partial charge in [0, 0.05) is 23.0 Å². The third-order valence-electron chi connectivity index (χ3n) is 6.33. The first-order valence-electron chi connectivity index (χ1n) is 11.2. The van der Waals surface area contributed by atoms with Crippen molar-refractivity contribution in [2.24, 2.45) is 0 Å². The largest absolute Gasteiger partial charge is 0.330 e. The van der Waals surface area contributed by atoms with Gasteiger partial charge in [0.05, 0.1) is 16.1 Å². The lowest BCUT2D eigenvalue weighted by atomic mass is 9.93. The lowest BCUT2D eigenvalue weighted by Gasteiger charge is -2.38. The van der Waals surface area contributed by atoms with Crippen molar-refractivity contribution in [2.75, 3.05) is 13.1 Å². The zero-order chi connectivity index (χ0) is 24.4. The standard InChI is InChI=1S/C26H25Cl2FN2O2S/c1-3-16(2)31(26(33)18-6-9-21(27)22(28)14-18)15-24(32)30-12-10-23-20(11-13-34-23)25(30)17-4-7-19(29)8-5-17/h4-9,11,13-14,16,25H,3,10,12,15H2,1-2H3/t16-,25+/m0/s1. The van der Waals surface area contributed by atoms with Crippen LogP contribution in [0.2, 0.25) is 10.0 Å². The van der Waals surface area contributed by atoms with Crippen LogP contribution >= 0.6 is 34.5 Å². The minimum Gasteiger partial charge on any atom is -0.330 e. The van der Waals surface area contributed by atoms with Crippen LogP contribution in [0, 0.1) is 5.82 Å². The summed E-state index contributed by atoms with van der Waals surface area (Å²) in [6.45, 7) is 4.37. The van der Waals surface area contributed by atoms with Gasteiger partial charge in [-0.05, 0) is 72.7 Å². The first-order valence-corrected chi connectivity index (χ1v) is 12.8. The van der Waals surface area contributed by atoms with Gasteiger partial charge in [0.2, 0.25) is 5.91 Å². The molecule has 0 aliphatic carbocycles. The molecule has 0 saturated heterocycles. The maximum atomic E-state index is 13.7. The lowest BCUT2D eigenvalue weighted by molar-refractivity contribution is -0.134. The topological polar surface area (TPSA) is 40.6 Å². The van der Waals surface area contributed by atoms with E-state index in [0.29, 0.717) is 28.6 Å². The fourth-order valence-electron chi connectivity index (χ4n) is 4.27. The highest BCUT2D eigenvalue weighted by Gasteiger charge is 2.35. The number of carbonyl (C=O) groups is 2. The molecule has 1 aliphatic heterocycles. The summed E-state index contributed by atoms with van der Waals surface area (Å²) in [4.78, 5) is 31.7. The number of amides is 2. The maximum Gasteiger partial charge on any atom is 0.254 e. The van der Waals surface area contributed by atoms with Gasteiger partial charge in [-0.2, -0.15) is 0 Å². The van der Waals surface area contributed by atoms with Crippen molar-refractivity contribution in [3.8, 4) is 0 Å². The minimum absolute atomic E-state index is 0.0642. The summed E-state index contributed by atoms with van der Waals surface area (Å²) in [6.07, 6.45) is 1.44. The van der Waals surface area contributed by atoms with Crippen molar-refractivity contribution in [3.05, 3.63) is 91.3 Å². The molecular formula is C26H25Cl2FN2O2S. The van der Waals surface area contributed by atoms with E-state index in [1.54, 1.807) is 45.4 Å². The average Bonchev–Trinajstić information content (AvgIpc) is 3.32. The van der Waals surface area contributed by atoms with Crippen molar-refractivity contribution in [1.82, 2.24) is 9.80 Å². The van der Waals surface area contributed by atoms with Crippen LogP contribution in [0.15, 0.2) is 53.9 Å². The summed E-state index contributed by atoms with van der Waals surface area (Å²) in [5.74, 6) is -0.745. The molecule has 178 valence electrons. The smallest absolute Gasteiger partial charge is 0.254 e. The SMILES string of the molecule is CC[C@H](C)N(CC(=O)N1CCc2sccc2[C@H]1c1ccc(F)cc1)C(=O)c1ccc(Cl)c(Cl)c1. The number of benzene rings is 2. The molecule has 0 spiro atoms. The molecule has 0 bridgehead atoms. The predicted molar refractivity (Wildman–Crippen MR) is 135 cm³/mol. The van der Waals surface area contributed by atoms with Crippen molar-refractivity contribution < 1.29 is 14.0 Å². The van der Waals surface area contributed by atoms with Crippen LogP contribution in [0.5, 0.6) is 0 Å². The number of nitrogens with zero attached hydrogens (tertiary/aromatic N) is 2. The van der Waals surface area contributed by atoms with Gasteiger partial charge >= 0.3 is 0 Å². The van der Waals surface area contributed by atoms with Crippen molar-refractivity contribution in [3.63, 3.8) is 0 Å². The number of thiophene rings is 1. The maximum absolute atomic E-state index is 13.7. The van der Waals surface area contributed by atoms with Crippen LogP contribution in [0.3, 0.4) is 0 Å². The van der Waals surface area contributed by atoms with E-state index in [2.05, 4.69) is 0 Å². The Morgan fingerprint density at radius 1 is 1.15 bits per heavy atom. The normalized spacial score (nSPS) is 16.1. The van der Waals surface area contributed by atoms with Gasteiger partial charge in [-0.15, -0.1) is 11.3 Å². The Balaban J connectivity index is 1.64. The van der Waals surface area contributed by atoms with Gasteiger partial charge in [0.1, 0.15) is 12.4 Å². The molecule has 2 heterocycles. The molecule has 4 rings (SSSR count). The number of hydrogen-bond donors (Lipinski definition) is 0. The fraction of sp³-hybridized carbons (Fsp3) is 0.308. The molecule has 2 atom stereocenters. The van der Waals surface area contributed by atoms with Crippen LogP contribution in [0.25, 0.3) is 0 Å². The second kappa shape index (κ2) is 10.5. The van der Waals surface area contributed by atoms with Crippen molar-refractivity contribution in [1.29, 1.82) is 0 Å². The molecule has 34 heavy (non-hydrogen) atoms. The van der Waals surface area contributed by atoms with E-state index < -0.39 is 0 Å². The van der Waals surface area contributed by atoms with Crippen LogP contribution in [-0.4, -0.2) is 40.7 Å². The summed E-state index contributed by atoms with van der Waals surface area (Å²) in [7, 11) is 0. The summed E-state index contributed by atoms with van der Waals surface area (Å²) in [5, 5.41) is 2.68. The van der Waals surface area contributed by atoms with Crippen molar-refractivity contribution >= 4 is 46.4 Å². The zero-order valence-electron chi connectivity index (χ0n) is 18.9. The fourth-order valence-corrected chi connectivity index (χ4v) is 5.47. The highest BCUT2D eigenvalue weighted by Crippen LogP contribution is 2.38. The summed E-state index contributed by atoms with van der Waals surface area (Å²) < 4.78 is 13.6. The molecule has 2 amide bonds. The van der Waals surface area contributed by atoms with Crippen LogP contribution in [0.1, 0.15) is 52.7 Å². The van der Waals surface area contributed by atoms with Crippen LogP contribution in [-0.2, 0) is 11.2 Å². The monoisotopic (exact) mass is 518 g/mol. The van der Waals surface area contributed by atoms with E-state index in [-0.39, 0.29) is 36.3 Å². The molecule has 1 aromatic heterocycles. The average molecular weight is 519 g/mol. The number of hydrogen-bond acceptors (Lipinski definition) is 3. The van der Waals surface area contributed by atoms with E-state index in [1.807, 2.05) is 25.3 Å². The molecule has 3 aromatic rings. The quantitative estimate of drug-likeness (QED) is 0.368. The Morgan fingerprint density at radius 2 is 1.88 bits per heavy atom. The highest BCUT2D eigenvalue weighted by molar-refractivity contribution is 7.10. The van der Waals surface area contributed by atoms with Gasteiger partial charge < -0.3 is 9.80 Å². The van der Waals surface area contributed by atoms with E-state index in [1.165, 1.54) is 23.1 Å². The van der Waals surface area contributed by atoms with E-state index in [9.17, 15) is 14.0 Å². The summed E-state index contributed by atoms with van der Waals surface area (Å²) >= 11 is 13.8. The molecule has 0 saturated carbocycles. The third-order valence-corrected chi connectivity index (χ3v) is 8.06. The number of fused-ring (bicyclic) bond motifs is 1. The molecular weight excluding hydrogens is 494 g/mol. The van der Waals surface area contributed by atoms with E-state index in [0.717, 1.165) is 17.5 Å². The molecule has 4 nitrogen and oxygen atoms in total. The van der Waals surface area contributed by atoms with E-state index in [4.69, 9.17) is 23.2 Å². The second-order valence-corrected chi connectivity index (χ2v) is 10.2. The van der Waals surface area contributed by atoms with Crippen LogP contribution in [0.4, 0.5) is 4.39 Å². The zero-order valence-corrected chi connectivity index (χ0v) is 21.3. The Bertz CT molecular complexity index is 1200. The van der Waals surface area contributed by atoms with Gasteiger partial charge in [0.25, 0.3) is 5.91 Å². The van der Waals surface area contributed by atoms with Gasteiger partial charge in [-0.3, -0.25) is 9.59 Å². The summed E-state index contributed by atoms with van der Waals surface area (Å²) in [6, 6.07) is 12.6. The number of carbonyl (C=O) groups excluding carboxylic acids is 2. The Labute approximate surface area is 212 Å². The van der Waals surface area contributed by atoms with Crippen molar-refractivity contribution in [2.45, 2.75) is 38.8 Å². The first-order chi connectivity index (χ1) is 16.3. The number of halogens is 3. The predicted octanol–water partition coefficient (Wildman–Crippen LogP) is 6.61. The highest BCUT2D eigenvalue weighted by atomic mass is 35.5.